The van der Waals surface area contributed by atoms with Crippen molar-refractivity contribution in [1.82, 2.24) is 5.32 Å². The lowest BCUT2D eigenvalue weighted by Crippen LogP contribution is -2.40. The minimum absolute atomic E-state index is 0.670. The minimum Gasteiger partial charge on any atom is -0.468 e. The summed E-state index contributed by atoms with van der Waals surface area (Å²) in [5, 5.41) is 4.44. The van der Waals surface area contributed by atoms with E-state index in [1.165, 1.54) is 31.4 Å². The fraction of sp³-hybridized carbons (Fsp3) is 0.692. The van der Waals surface area contributed by atoms with Crippen molar-refractivity contribution < 1.29 is 4.42 Å². The van der Waals surface area contributed by atoms with Gasteiger partial charge in [-0.25, -0.2) is 0 Å². The molecule has 2 unspecified atom stereocenters. The molecule has 16 heavy (non-hydrogen) atoms. The first-order chi connectivity index (χ1) is 7.90. The summed E-state index contributed by atoms with van der Waals surface area (Å²) in [6.45, 7) is 3.13. The van der Waals surface area contributed by atoms with Crippen molar-refractivity contribution in [3.63, 3.8) is 0 Å². The zero-order valence-electron chi connectivity index (χ0n) is 9.95. The number of hydrogen-bond donors (Lipinski definition) is 1. The van der Waals surface area contributed by atoms with E-state index in [-0.39, 0.29) is 0 Å². The van der Waals surface area contributed by atoms with Crippen LogP contribution in [-0.4, -0.2) is 17.0 Å². The van der Waals surface area contributed by atoms with Gasteiger partial charge in [-0.2, -0.15) is 11.8 Å². The zero-order valence-corrected chi connectivity index (χ0v) is 10.8. The van der Waals surface area contributed by atoms with Crippen molar-refractivity contribution in [2.45, 2.75) is 50.4 Å². The topological polar surface area (TPSA) is 25.2 Å². The lowest BCUT2D eigenvalue weighted by atomic mass is 9.95. The Morgan fingerprint density at radius 2 is 2.31 bits per heavy atom. The van der Waals surface area contributed by atoms with Crippen LogP contribution in [0.3, 0.4) is 0 Å². The standard InChI is InChI=1S/C13H21NOS/c1-2-16-13-8-4-3-7-12(13)14-10-11-6-5-9-15-11/h5-6,9,12-14H,2-4,7-8,10H2,1H3. The van der Waals surface area contributed by atoms with E-state index in [4.69, 9.17) is 4.42 Å². The molecule has 1 heterocycles. The third kappa shape index (κ3) is 3.29. The minimum atomic E-state index is 0.670. The number of nitrogens with one attached hydrogen (secondary N) is 1. The zero-order chi connectivity index (χ0) is 11.2. The van der Waals surface area contributed by atoms with Crippen LogP contribution in [0.25, 0.3) is 0 Å². The van der Waals surface area contributed by atoms with Gasteiger partial charge >= 0.3 is 0 Å². The van der Waals surface area contributed by atoms with E-state index in [1.54, 1.807) is 6.26 Å². The Bertz CT molecular complexity index is 284. The number of rotatable bonds is 5. The summed E-state index contributed by atoms with van der Waals surface area (Å²) in [6.07, 6.45) is 7.20. The molecule has 1 aromatic rings. The van der Waals surface area contributed by atoms with Crippen LogP contribution in [0.1, 0.15) is 38.4 Å². The summed E-state index contributed by atoms with van der Waals surface area (Å²) < 4.78 is 5.35. The van der Waals surface area contributed by atoms with Gasteiger partial charge in [0.25, 0.3) is 0 Å². The molecule has 90 valence electrons. The van der Waals surface area contributed by atoms with Gasteiger partial charge < -0.3 is 9.73 Å². The predicted molar refractivity (Wildman–Crippen MR) is 69.7 cm³/mol. The Morgan fingerprint density at radius 1 is 1.44 bits per heavy atom. The van der Waals surface area contributed by atoms with Gasteiger partial charge in [0, 0.05) is 11.3 Å². The van der Waals surface area contributed by atoms with Gasteiger partial charge in [0.15, 0.2) is 0 Å². The normalized spacial score (nSPS) is 25.8. The maximum absolute atomic E-state index is 5.35. The number of hydrogen-bond acceptors (Lipinski definition) is 3. The summed E-state index contributed by atoms with van der Waals surface area (Å²) >= 11 is 2.10. The van der Waals surface area contributed by atoms with Crippen LogP contribution >= 0.6 is 11.8 Å². The molecule has 0 aliphatic heterocycles. The van der Waals surface area contributed by atoms with E-state index in [2.05, 4.69) is 24.0 Å². The SMILES string of the molecule is CCSC1CCCCC1NCc1ccco1. The largest absolute Gasteiger partial charge is 0.468 e. The monoisotopic (exact) mass is 239 g/mol. The number of thioether (sulfide) groups is 1. The molecule has 0 bridgehead atoms. The fourth-order valence-electron chi connectivity index (χ4n) is 2.39. The van der Waals surface area contributed by atoms with Crippen LogP contribution in [0, 0.1) is 0 Å². The van der Waals surface area contributed by atoms with Crippen molar-refractivity contribution in [2.75, 3.05) is 5.75 Å². The van der Waals surface area contributed by atoms with Crippen LogP contribution in [0.15, 0.2) is 22.8 Å². The predicted octanol–water partition coefficient (Wildman–Crippen LogP) is 3.43. The second-order valence-electron chi connectivity index (χ2n) is 4.35. The molecular weight excluding hydrogens is 218 g/mol. The first kappa shape index (κ1) is 12.1. The third-order valence-corrected chi connectivity index (χ3v) is 4.53. The molecule has 1 fully saturated rings. The molecule has 0 saturated heterocycles. The highest BCUT2D eigenvalue weighted by atomic mass is 32.2. The molecule has 1 aromatic heterocycles. The first-order valence-corrected chi connectivity index (χ1v) is 7.32. The van der Waals surface area contributed by atoms with Crippen LogP contribution in [0.5, 0.6) is 0 Å². The molecule has 0 spiro atoms. The fourth-order valence-corrected chi connectivity index (χ4v) is 3.61. The van der Waals surface area contributed by atoms with Crippen molar-refractivity contribution in [3.8, 4) is 0 Å². The molecule has 1 aliphatic rings. The summed E-state index contributed by atoms with van der Waals surface area (Å²) in [7, 11) is 0. The lowest BCUT2D eigenvalue weighted by molar-refractivity contribution is 0.365. The molecule has 3 heteroatoms. The molecular formula is C13H21NOS. The van der Waals surface area contributed by atoms with Crippen molar-refractivity contribution in [1.29, 1.82) is 0 Å². The highest BCUT2D eigenvalue weighted by Crippen LogP contribution is 2.28. The summed E-state index contributed by atoms with van der Waals surface area (Å²) in [4.78, 5) is 0. The van der Waals surface area contributed by atoms with Crippen molar-refractivity contribution in [2.24, 2.45) is 0 Å². The van der Waals surface area contributed by atoms with Crippen molar-refractivity contribution in [3.05, 3.63) is 24.2 Å². The first-order valence-electron chi connectivity index (χ1n) is 6.27. The molecule has 1 N–H and O–H groups in total. The van der Waals surface area contributed by atoms with Crippen LogP contribution in [0.2, 0.25) is 0 Å². The molecule has 1 aliphatic carbocycles. The highest BCUT2D eigenvalue weighted by Gasteiger charge is 2.24. The Kier molecular flexibility index (Phi) is 4.79. The second kappa shape index (κ2) is 6.36. The van der Waals surface area contributed by atoms with Crippen LogP contribution < -0.4 is 5.32 Å². The van der Waals surface area contributed by atoms with E-state index in [1.807, 2.05) is 12.1 Å². The van der Waals surface area contributed by atoms with Gasteiger partial charge in [-0.3, -0.25) is 0 Å². The quantitative estimate of drug-likeness (QED) is 0.852. The van der Waals surface area contributed by atoms with E-state index in [0.29, 0.717) is 6.04 Å². The van der Waals surface area contributed by atoms with Gasteiger partial charge in [-0.05, 0) is 30.7 Å². The van der Waals surface area contributed by atoms with Crippen LogP contribution in [0.4, 0.5) is 0 Å². The molecule has 2 atom stereocenters. The molecule has 0 amide bonds. The molecule has 0 aromatic carbocycles. The molecule has 1 saturated carbocycles. The molecule has 2 nitrogen and oxygen atoms in total. The summed E-state index contributed by atoms with van der Waals surface area (Å²) in [5.41, 5.74) is 0. The Morgan fingerprint density at radius 3 is 3.06 bits per heavy atom. The Hall–Kier alpha value is -0.410. The Balaban J connectivity index is 1.81. The van der Waals surface area contributed by atoms with E-state index < -0.39 is 0 Å². The average Bonchev–Trinajstić information content (AvgIpc) is 2.81. The molecule has 0 radical (unpaired) electrons. The van der Waals surface area contributed by atoms with Gasteiger partial charge in [0.05, 0.1) is 12.8 Å². The smallest absolute Gasteiger partial charge is 0.117 e. The maximum Gasteiger partial charge on any atom is 0.117 e. The lowest BCUT2D eigenvalue weighted by Gasteiger charge is -2.31. The highest BCUT2D eigenvalue weighted by molar-refractivity contribution is 7.99. The van der Waals surface area contributed by atoms with Gasteiger partial charge in [0.1, 0.15) is 5.76 Å². The van der Waals surface area contributed by atoms with Gasteiger partial charge in [-0.1, -0.05) is 19.8 Å². The maximum atomic E-state index is 5.35. The summed E-state index contributed by atoms with van der Waals surface area (Å²) in [6, 6.07) is 4.66. The van der Waals surface area contributed by atoms with Crippen LogP contribution in [-0.2, 0) is 6.54 Å². The average molecular weight is 239 g/mol. The van der Waals surface area contributed by atoms with Gasteiger partial charge in [0.2, 0.25) is 0 Å². The van der Waals surface area contributed by atoms with Gasteiger partial charge in [-0.15, -0.1) is 0 Å². The second-order valence-corrected chi connectivity index (χ2v) is 5.86. The number of furan rings is 1. The van der Waals surface area contributed by atoms with Crippen molar-refractivity contribution >= 4 is 11.8 Å². The van der Waals surface area contributed by atoms with E-state index >= 15 is 0 Å². The summed E-state index contributed by atoms with van der Waals surface area (Å²) in [5.74, 6) is 2.27. The third-order valence-electron chi connectivity index (χ3n) is 3.20. The van der Waals surface area contributed by atoms with E-state index in [9.17, 15) is 0 Å². The van der Waals surface area contributed by atoms with E-state index in [0.717, 1.165) is 17.6 Å². The Labute approximate surface area is 102 Å². The molecule has 2 rings (SSSR count).